The molecule has 2 saturated carbocycles. The van der Waals surface area contributed by atoms with Gasteiger partial charge in [0.05, 0.1) is 55.7 Å². The second kappa shape index (κ2) is 30.5. The van der Waals surface area contributed by atoms with Crippen LogP contribution >= 0.6 is 0 Å². The molecule has 0 aliphatic heterocycles. The lowest BCUT2D eigenvalue weighted by Gasteiger charge is -2.26. The largest absolute Gasteiger partial charge is 0.494 e. The van der Waals surface area contributed by atoms with Crippen LogP contribution in [0.25, 0.3) is 0 Å². The van der Waals surface area contributed by atoms with Gasteiger partial charge in [-0.2, -0.15) is 0 Å². The molecule has 3 aromatic rings. The number of ether oxygens (including phenoxy) is 8. The topological polar surface area (TPSA) is 230 Å². The van der Waals surface area contributed by atoms with E-state index < -0.39 is 53.5 Å². The lowest BCUT2D eigenvalue weighted by Crippen LogP contribution is -2.31. The van der Waals surface area contributed by atoms with E-state index in [1.54, 1.807) is 48.5 Å². The van der Waals surface area contributed by atoms with E-state index in [1.807, 2.05) is 0 Å². The van der Waals surface area contributed by atoms with Crippen molar-refractivity contribution in [3.8, 4) is 34.5 Å². The fourth-order valence-corrected chi connectivity index (χ4v) is 8.15. The molecule has 0 radical (unpaired) electrons. The summed E-state index contributed by atoms with van der Waals surface area (Å²) < 4.78 is 44.3. The Kier molecular flexibility index (Phi) is 23.6. The Morgan fingerprint density at radius 2 is 0.861 bits per heavy atom. The molecule has 0 bridgehead atoms. The number of esters is 6. The van der Waals surface area contributed by atoms with E-state index in [0.717, 1.165) is 63.5 Å². The van der Waals surface area contributed by atoms with Gasteiger partial charge in [0, 0.05) is 19.2 Å². The number of carbonyl (C=O) groups is 6. The first-order valence-corrected chi connectivity index (χ1v) is 24.6. The second-order valence-electron chi connectivity index (χ2n) is 17.4. The number of nitrogens with one attached hydrogen (secondary N) is 1. The Morgan fingerprint density at radius 3 is 1.24 bits per heavy atom. The number of hydrazone groups is 1. The van der Waals surface area contributed by atoms with Crippen LogP contribution in [0.15, 0.2) is 97.1 Å². The minimum Gasteiger partial charge on any atom is -0.494 e. The molecular formula is C54H66N2O16. The molecule has 18 nitrogen and oxygen atoms in total. The van der Waals surface area contributed by atoms with Crippen molar-refractivity contribution in [3.63, 3.8) is 0 Å². The third-order valence-electron chi connectivity index (χ3n) is 12.2. The first-order valence-electron chi connectivity index (χ1n) is 24.6. The van der Waals surface area contributed by atoms with Crippen LogP contribution in [0, 0.1) is 23.7 Å². The number of carbonyl (C=O) groups excluding carboxylic acids is 6. The summed E-state index contributed by atoms with van der Waals surface area (Å²) in [6, 6.07) is 17.9. The van der Waals surface area contributed by atoms with E-state index >= 15 is 0 Å². The maximum atomic E-state index is 13.5. The van der Waals surface area contributed by atoms with E-state index in [2.05, 4.69) is 28.6 Å². The quantitative estimate of drug-likeness (QED) is 0.0101. The summed E-state index contributed by atoms with van der Waals surface area (Å²) in [6.45, 7) is 8.52. The summed E-state index contributed by atoms with van der Waals surface area (Å²) in [5.74, 6) is -2.71. The van der Waals surface area contributed by atoms with Crippen molar-refractivity contribution >= 4 is 41.7 Å². The van der Waals surface area contributed by atoms with Gasteiger partial charge in [-0.05, 0) is 169 Å². The molecule has 3 aromatic carbocycles. The summed E-state index contributed by atoms with van der Waals surface area (Å²) in [5.41, 5.74) is 2.55. The van der Waals surface area contributed by atoms with E-state index in [1.165, 1.54) is 25.2 Å². The minimum atomic E-state index is -0.554. The standard InChI is InChI=1S/C54H66N2O16/c1-4-48(57)66-34-12-8-6-10-32-64-41-22-26-43(27-23-41)68-51(59)37-14-16-39(17-15-37)53(61)70-45-30-31-47(46(36-45)50(72-63)56-55-3)71-54(62)40-20-18-38(19-21-40)52(60)69-44-28-24-42(25-29-44)65-33-11-7-9-13-35-67-49(58)5-2/h4-5,22-31,36-40,55,63H,1-2,6-21,32-35H2,3H3/b56-50-. The summed E-state index contributed by atoms with van der Waals surface area (Å²) in [7, 11) is 1.48. The zero-order valence-corrected chi connectivity index (χ0v) is 40.9. The molecule has 2 aliphatic rings. The van der Waals surface area contributed by atoms with Crippen molar-refractivity contribution in [1.29, 1.82) is 0 Å². The minimum absolute atomic E-state index is 0.00397. The summed E-state index contributed by atoms with van der Waals surface area (Å²) in [5, 5.41) is 13.6. The molecular weight excluding hydrogens is 933 g/mol. The molecule has 0 amide bonds. The maximum Gasteiger partial charge on any atom is 0.330 e. The molecule has 2 fully saturated rings. The van der Waals surface area contributed by atoms with E-state index in [0.29, 0.717) is 101 Å². The number of rotatable bonds is 28. The van der Waals surface area contributed by atoms with Gasteiger partial charge < -0.3 is 48.2 Å². The highest BCUT2D eigenvalue weighted by Crippen LogP contribution is 2.35. The summed E-state index contributed by atoms with van der Waals surface area (Å²) >= 11 is 0. The molecule has 0 atom stereocenters. The number of unbranched alkanes of at least 4 members (excludes halogenated alkanes) is 6. The Hall–Kier alpha value is -7.21. The number of benzene rings is 3. The first kappa shape index (κ1) is 55.7. The zero-order valence-electron chi connectivity index (χ0n) is 40.9. The highest BCUT2D eigenvalue weighted by Gasteiger charge is 2.34. The average molecular weight is 999 g/mol. The van der Waals surface area contributed by atoms with E-state index in [-0.39, 0.29) is 28.9 Å². The molecule has 0 heterocycles. The second-order valence-corrected chi connectivity index (χ2v) is 17.4. The number of hydrogen-bond donors (Lipinski definition) is 2. The average Bonchev–Trinajstić information content (AvgIpc) is 3.40. The van der Waals surface area contributed by atoms with Crippen LogP contribution in [0.3, 0.4) is 0 Å². The van der Waals surface area contributed by atoms with Gasteiger partial charge >= 0.3 is 35.8 Å². The van der Waals surface area contributed by atoms with E-state index in [4.69, 9.17) is 37.9 Å². The Bertz CT molecular complexity index is 2280. The van der Waals surface area contributed by atoms with Crippen LogP contribution in [0.2, 0.25) is 0 Å². The lowest BCUT2D eigenvalue weighted by atomic mass is 9.82. The molecule has 388 valence electrons. The monoisotopic (exact) mass is 998 g/mol. The Balaban J connectivity index is 1.02. The van der Waals surface area contributed by atoms with Gasteiger partial charge in [0.2, 0.25) is 0 Å². The SMILES string of the molecule is C=CC(=O)OCCCCCCOc1ccc(OC(=O)C2CCC(C(=O)Oc3ccc(OC(=O)C4CCC(C(=O)Oc5ccc(OCCCCCCOC(=O)C=C)cc5)CC4)c(/C(=N/NC)OO)c3)CC2)cc1. The van der Waals surface area contributed by atoms with Crippen LogP contribution in [0.4, 0.5) is 0 Å². The molecule has 0 saturated heterocycles. The molecule has 5 rings (SSSR count). The van der Waals surface area contributed by atoms with Crippen molar-refractivity contribution in [1.82, 2.24) is 5.43 Å². The highest BCUT2D eigenvalue weighted by molar-refractivity contribution is 5.98. The summed E-state index contributed by atoms with van der Waals surface area (Å²) in [4.78, 5) is 79.6. The van der Waals surface area contributed by atoms with Crippen LogP contribution in [0.1, 0.15) is 108 Å². The zero-order chi connectivity index (χ0) is 51.5. The van der Waals surface area contributed by atoms with Gasteiger partial charge in [0.1, 0.15) is 34.5 Å². The van der Waals surface area contributed by atoms with Gasteiger partial charge in [-0.3, -0.25) is 19.2 Å². The fourth-order valence-electron chi connectivity index (χ4n) is 8.15. The van der Waals surface area contributed by atoms with Crippen LogP contribution < -0.4 is 33.8 Å². The fraction of sp³-hybridized carbons (Fsp3) is 0.463. The predicted octanol–water partition coefficient (Wildman–Crippen LogP) is 9.03. The highest BCUT2D eigenvalue weighted by atomic mass is 17.1. The van der Waals surface area contributed by atoms with Crippen molar-refractivity contribution in [2.24, 2.45) is 28.8 Å². The van der Waals surface area contributed by atoms with Gasteiger partial charge in [-0.25, -0.2) is 14.8 Å². The van der Waals surface area contributed by atoms with Gasteiger partial charge in [-0.15, -0.1) is 5.10 Å². The molecule has 18 heteroatoms. The number of hydrogen-bond acceptors (Lipinski definition) is 18. The maximum absolute atomic E-state index is 13.5. The molecule has 2 N–H and O–H groups in total. The molecule has 0 unspecified atom stereocenters. The predicted molar refractivity (Wildman–Crippen MR) is 262 cm³/mol. The lowest BCUT2D eigenvalue weighted by molar-refractivity contribution is -0.154. The smallest absolute Gasteiger partial charge is 0.330 e. The Labute approximate surface area is 419 Å². The van der Waals surface area contributed by atoms with Gasteiger partial charge in [-0.1, -0.05) is 13.2 Å². The van der Waals surface area contributed by atoms with Crippen LogP contribution in [-0.2, 0) is 43.1 Å². The van der Waals surface area contributed by atoms with E-state index in [9.17, 15) is 34.0 Å². The summed E-state index contributed by atoms with van der Waals surface area (Å²) in [6.07, 6.45) is 12.4. The van der Waals surface area contributed by atoms with Gasteiger partial charge in [0.15, 0.2) is 0 Å². The third kappa shape index (κ3) is 18.8. The van der Waals surface area contributed by atoms with Crippen molar-refractivity contribution < 1.29 is 76.8 Å². The Morgan fingerprint density at radius 1 is 0.514 bits per heavy atom. The van der Waals surface area contributed by atoms with Crippen molar-refractivity contribution in [3.05, 3.63) is 97.6 Å². The molecule has 72 heavy (non-hydrogen) atoms. The van der Waals surface area contributed by atoms with Crippen molar-refractivity contribution in [2.75, 3.05) is 33.5 Å². The third-order valence-corrected chi connectivity index (χ3v) is 12.2. The normalized spacial score (nSPS) is 17.5. The molecule has 2 aliphatic carbocycles. The van der Waals surface area contributed by atoms with Gasteiger partial charge in [0.25, 0.3) is 5.90 Å². The van der Waals surface area contributed by atoms with Crippen LogP contribution in [-0.4, -0.2) is 80.4 Å². The molecule has 0 aromatic heterocycles. The number of nitrogens with zero attached hydrogens (tertiary/aromatic N) is 1. The van der Waals surface area contributed by atoms with Crippen LogP contribution in [0.5, 0.6) is 34.5 Å². The first-order chi connectivity index (χ1) is 35.0. The van der Waals surface area contributed by atoms with Crippen molar-refractivity contribution in [2.45, 2.75) is 103 Å². The molecule has 0 spiro atoms.